The van der Waals surface area contributed by atoms with Crippen molar-refractivity contribution in [3.63, 3.8) is 0 Å². The van der Waals surface area contributed by atoms with Crippen LogP contribution < -0.4 is 0 Å². The summed E-state index contributed by atoms with van der Waals surface area (Å²) in [5, 5.41) is 41.2. The molecule has 0 spiro atoms. The SMILES string of the molecule is CCCCCCCCCCCCCCC(O)(C(=O)O)C(O)(CCCCCCCCCCCCCC)C(=O)O. The van der Waals surface area contributed by atoms with Gasteiger partial charge in [-0.15, -0.1) is 0 Å². The van der Waals surface area contributed by atoms with Crippen LogP contribution in [0.2, 0.25) is 0 Å². The van der Waals surface area contributed by atoms with Crippen LogP contribution in [-0.4, -0.2) is 43.6 Å². The molecule has 2 unspecified atom stereocenters. The summed E-state index contributed by atoms with van der Waals surface area (Å²) in [6, 6.07) is 0. The lowest BCUT2D eigenvalue weighted by atomic mass is 9.75. The van der Waals surface area contributed by atoms with Crippen LogP contribution in [0.25, 0.3) is 0 Å². The second-order valence-electron chi connectivity index (χ2n) is 11.6. The van der Waals surface area contributed by atoms with Gasteiger partial charge in [-0.3, -0.25) is 0 Å². The largest absolute Gasteiger partial charge is 0.479 e. The Labute approximate surface area is 234 Å². The lowest BCUT2D eigenvalue weighted by Gasteiger charge is -2.37. The zero-order valence-corrected chi connectivity index (χ0v) is 25.0. The van der Waals surface area contributed by atoms with Gasteiger partial charge in [-0.1, -0.05) is 155 Å². The summed E-state index contributed by atoms with van der Waals surface area (Å²) in [6.07, 6.45) is 25.9. The molecule has 0 bridgehead atoms. The monoisotopic (exact) mass is 542 g/mol. The van der Waals surface area contributed by atoms with Gasteiger partial charge in [0.15, 0.2) is 0 Å². The number of hydrogen-bond acceptors (Lipinski definition) is 4. The molecule has 38 heavy (non-hydrogen) atoms. The van der Waals surface area contributed by atoms with E-state index in [2.05, 4.69) is 13.8 Å². The van der Waals surface area contributed by atoms with Crippen molar-refractivity contribution < 1.29 is 30.0 Å². The van der Waals surface area contributed by atoms with Crippen LogP contribution in [-0.2, 0) is 9.59 Å². The maximum absolute atomic E-state index is 11.9. The molecule has 6 nitrogen and oxygen atoms in total. The Morgan fingerprint density at radius 2 is 0.579 bits per heavy atom. The van der Waals surface area contributed by atoms with E-state index in [1.165, 1.54) is 89.9 Å². The molecule has 0 aliphatic rings. The molecule has 0 heterocycles. The second-order valence-corrected chi connectivity index (χ2v) is 11.6. The van der Waals surface area contributed by atoms with Gasteiger partial charge in [-0.05, 0) is 25.7 Å². The summed E-state index contributed by atoms with van der Waals surface area (Å²) < 4.78 is 0. The van der Waals surface area contributed by atoms with Gasteiger partial charge in [0.25, 0.3) is 0 Å². The molecule has 0 rings (SSSR count). The Bertz CT molecular complexity index is 530. The van der Waals surface area contributed by atoms with Crippen LogP contribution in [0.1, 0.15) is 181 Å². The van der Waals surface area contributed by atoms with E-state index in [9.17, 15) is 30.0 Å². The fraction of sp³-hybridized carbons (Fsp3) is 0.938. The number of aliphatic hydroxyl groups is 2. The number of carbonyl (C=O) groups is 2. The van der Waals surface area contributed by atoms with Crippen LogP contribution >= 0.6 is 0 Å². The Morgan fingerprint density at radius 3 is 0.763 bits per heavy atom. The van der Waals surface area contributed by atoms with Crippen molar-refractivity contribution in [3.05, 3.63) is 0 Å². The highest BCUT2D eigenvalue weighted by Crippen LogP contribution is 2.34. The smallest absolute Gasteiger partial charge is 0.339 e. The molecule has 226 valence electrons. The zero-order chi connectivity index (χ0) is 28.5. The van der Waals surface area contributed by atoms with Gasteiger partial charge in [0.2, 0.25) is 11.2 Å². The van der Waals surface area contributed by atoms with Crippen molar-refractivity contribution in [3.8, 4) is 0 Å². The molecule has 0 aliphatic heterocycles. The van der Waals surface area contributed by atoms with Gasteiger partial charge < -0.3 is 20.4 Å². The van der Waals surface area contributed by atoms with Crippen LogP contribution in [0.3, 0.4) is 0 Å². The fourth-order valence-corrected chi connectivity index (χ4v) is 5.42. The van der Waals surface area contributed by atoms with Crippen molar-refractivity contribution in [1.82, 2.24) is 0 Å². The number of aliphatic carboxylic acids is 2. The molecule has 0 aromatic rings. The van der Waals surface area contributed by atoms with Crippen molar-refractivity contribution in [2.24, 2.45) is 0 Å². The topological polar surface area (TPSA) is 115 Å². The molecule has 0 amide bonds. The number of rotatable bonds is 29. The van der Waals surface area contributed by atoms with E-state index < -0.39 is 23.1 Å². The van der Waals surface area contributed by atoms with Crippen LogP contribution in [0.4, 0.5) is 0 Å². The molecule has 0 aromatic heterocycles. The summed E-state index contributed by atoms with van der Waals surface area (Å²) in [5.74, 6) is -3.30. The number of hydrogen-bond donors (Lipinski definition) is 4. The summed E-state index contributed by atoms with van der Waals surface area (Å²) in [5.41, 5.74) is -5.34. The minimum atomic E-state index is -2.67. The third-order valence-electron chi connectivity index (χ3n) is 8.18. The van der Waals surface area contributed by atoms with Crippen molar-refractivity contribution in [2.75, 3.05) is 0 Å². The molecule has 6 heteroatoms. The van der Waals surface area contributed by atoms with E-state index in [1.54, 1.807) is 0 Å². The predicted molar refractivity (Wildman–Crippen MR) is 157 cm³/mol. The first-order chi connectivity index (χ1) is 18.3. The van der Waals surface area contributed by atoms with Gasteiger partial charge in [0.05, 0.1) is 0 Å². The Morgan fingerprint density at radius 1 is 0.395 bits per heavy atom. The maximum atomic E-state index is 11.9. The highest BCUT2D eigenvalue weighted by molar-refractivity contribution is 5.90. The van der Waals surface area contributed by atoms with Gasteiger partial charge in [0.1, 0.15) is 0 Å². The summed E-state index contributed by atoms with van der Waals surface area (Å²) in [6.45, 7) is 4.44. The standard InChI is InChI=1S/C32H62O6/c1-3-5-7-9-11-13-15-17-19-21-23-25-27-31(37,29(33)34)32(38,30(35)36)28-26-24-22-20-18-16-14-12-10-8-6-4-2/h37-38H,3-28H2,1-2H3,(H,33,34)(H,35,36). The van der Waals surface area contributed by atoms with E-state index >= 15 is 0 Å². The highest BCUT2D eigenvalue weighted by Gasteiger charge is 2.59. The van der Waals surface area contributed by atoms with Gasteiger partial charge in [-0.25, -0.2) is 9.59 Å². The average Bonchev–Trinajstić information content (AvgIpc) is 2.89. The molecule has 0 fully saturated rings. The predicted octanol–water partition coefficient (Wildman–Crippen LogP) is 8.80. The van der Waals surface area contributed by atoms with Crippen molar-refractivity contribution >= 4 is 11.9 Å². The van der Waals surface area contributed by atoms with E-state index in [4.69, 9.17) is 0 Å². The van der Waals surface area contributed by atoms with Gasteiger partial charge >= 0.3 is 11.9 Å². The summed E-state index contributed by atoms with van der Waals surface area (Å²) in [4.78, 5) is 23.9. The minimum Gasteiger partial charge on any atom is -0.479 e. The molecule has 0 aliphatic carbocycles. The number of carboxylic acids is 2. The lowest BCUT2D eigenvalue weighted by molar-refractivity contribution is -0.210. The number of carboxylic acid groups (broad SMARTS) is 2. The Balaban J connectivity index is 4.25. The van der Waals surface area contributed by atoms with Crippen molar-refractivity contribution in [2.45, 2.75) is 192 Å². The third kappa shape index (κ3) is 16.1. The average molecular weight is 543 g/mol. The molecule has 0 saturated heterocycles. The minimum absolute atomic E-state index is 0.249. The lowest BCUT2D eigenvalue weighted by Crippen LogP contribution is -2.63. The highest BCUT2D eigenvalue weighted by atomic mass is 16.5. The Hall–Kier alpha value is -1.14. The van der Waals surface area contributed by atoms with E-state index in [0.29, 0.717) is 12.8 Å². The van der Waals surface area contributed by atoms with Crippen LogP contribution in [0.15, 0.2) is 0 Å². The quantitative estimate of drug-likeness (QED) is 0.0702. The third-order valence-corrected chi connectivity index (χ3v) is 8.18. The van der Waals surface area contributed by atoms with E-state index in [1.807, 2.05) is 0 Å². The van der Waals surface area contributed by atoms with Crippen molar-refractivity contribution in [1.29, 1.82) is 0 Å². The number of unbranched alkanes of at least 4 members (excludes halogenated alkanes) is 22. The summed E-state index contributed by atoms with van der Waals surface area (Å²) in [7, 11) is 0. The van der Waals surface area contributed by atoms with Crippen LogP contribution in [0.5, 0.6) is 0 Å². The molecule has 4 N–H and O–H groups in total. The molecule has 0 radical (unpaired) electrons. The fourth-order valence-electron chi connectivity index (χ4n) is 5.42. The van der Waals surface area contributed by atoms with E-state index in [-0.39, 0.29) is 12.8 Å². The molecule has 0 saturated carbocycles. The second kappa shape index (κ2) is 23.7. The van der Waals surface area contributed by atoms with Gasteiger partial charge in [0, 0.05) is 0 Å². The van der Waals surface area contributed by atoms with Gasteiger partial charge in [-0.2, -0.15) is 0 Å². The molecular weight excluding hydrogens is 480 g/mol. The normalized spacial score (nSPS) is 14.7. The van der Waals surface area contributed by atoms with Crippen LogP contribution in [0, 0.1) is 0 Å². The van der Waals surface area contributed by atoms with E-state index in [0.717, 1.165) is 51.4 Å². The first kappa shape index (κ1) is 36.9. The Kier molecular flexibility index (Phi) is 23.0. The zero-order valence-electron chi connectivity index (χ0n) is 25.0. The molecule has 0 aromatic carbocycles. The molecule has 2 atom stereocenters. The first-order valence-corrected chi connectivity index (χ1v) is 16.2. The summed E-state index contributed by atoms with van der Waals surface area (Å²) >= 11 is 0. The maximum Gasteiger partial charge on any atom is 0.339 e. The first-order valence-electron chi connectivity index (χ1n) is 16.2. The molecular formula is C32H62O6.